The Balaban J connectivity index is 1.97. The summed E-state index contributed by atoms with van der Waals surface area (Å²) in [4.78, 5) is 0. The number of benzene rings is 1. The third kappa shape index (κ3) is 4.34. The number of hydrogen-bond donors (Lipinski definition) is 3. The molecule has 0 amide bonds. The second-order valence-electron chi connectivity index (χ2n) is 10.4. The first kappa shape index (κ1) is 23.7. The molecule has 1 fully saturated rings. The predicted octanol–water partition coefficient (Wildman–Crippen LogP) is 4.46. The van der Waals surface area contributed by atoms with Crippen molar-refractivity contribution in [1.82, 2.24) is 0 Å². The average molecular weight is 419 g/mol. The molecule has 0 saturated heterocycles. The highest BCUT2D eigenvalue weighted by Gasteiger charge is 2.55. The van der Waals surface area contributed by atoms with Crippen LogP contribution in [0.4, 0.5) is 0 Å². The van der Waals surface area contributed by atoms with E-state index in [9.17, 15) is 10.2 Å². The molecule has 0 heterocycles. The van der Waals surface area contributed by atoms with E-state index in [2.05, 4.69) is 39.8 Å². The van der Waals surface area contributed by atoms with Crippen LogP contribution in [0.25, 0.3) is 0 Å². The summed E-state index contributed by atoms with van der Waals surface area (Å²) >= 11 is 0. The fourth-order valence-corrected chi connectivity index (χ4v) is 6.40. The van der Waals surface area contributed by atoms with Crippen LogP contribution in [-0.4, -0.2) is 41.4 Å². The molecule has 2 aliphatic carbocycles. The van der Waals surface area contributed by atoms with Crippen molar-refractivity contribution in [1.29, 1.82) is 0 Å². The Morgan fingerprint density at radius 2 is 1.83 bits per heavy atom. The van der Waals surface area contributed by atoms with Gasteiger partial charge in [-0.2, -0.15) is 0 Å². The van der Waals surface area contributed by atoms with E-state index in [1.54, 1.807) is 0 Å². The molecule has 1 aromatic carbocycles. The van der Waals surface area contributed by atoms with E-state index in [0.29, 0.717) is 24.9 Å². The van der Waals surface area contributed by atoms with Crippen LogP contribution in [0.3, 0.4) is 0 Å². The highest BCUT2D eigenvalue weighted by atomic mass is 16.6. The lowest BCUT2D eigenvalue weighted by molar-refractivity contribution is -0.210. The Bertz CT molecular complexity index is 715. The van der Waals surface area contributed by atoms with Gasteiger partial charge in [-0.05, 0) is 84.5 Å². The molecule has 30 heavy (non-hydrogen) atoms. The Hall–Kier alpha value is -0.940. The zero-order valence-corrected chi connectivity index (χ0v) is 19.4. The summed E-state index contributed by atoms with van der Waals surface area (Å²) in [5, 5.41) is 29.5. The minimum atomic E-state index is -0.793. The molecule has 1 aromatic rings. The first-order chi connectivity index (χ1) is 14.3. The van der Waals surface area contributed by atoms with Crippen LogP contribution < -0.4 is 0 Å². The van der Waals surface area contributed by atoms with Crippen LogP contribution in [0.15, 0.2) is 12.1 Å². The quantitative estimate of drug-likeness (QED) is 0.409. The normalized spacial score (nSPS) is 29.5. The van der Waals surface area contributed by atoms with Crippen LogP contribution in [0.2, 0.25) is 0 Å². The fourth-order valence-electron chi connectivity index (χ4n) is 6.40. The first-order valence-corrected chi connectivity index (χ1v) is 12.0. The Morgan fingerprint density at radius 3 is 2.50 bits per heavy atom. The van der Waals surface area contributed by atoms with Crippen molar-refractivity contribution in [2.75, 3.05) is 19.8 Å². The number of ether oxygens (including phenoxy) is 1. The van der Waals surface area contributed by atoms with Gasteiger partial charge >= 0.3 is 0 Å². The van der Waals surface area contributed by atoms with Crippen molar-refractivity contribution < 1.29 is 20.1 Å². The summed E-state index contributed by atoms with van der Waals surface area (Å²) in [6.07, 6.45) is 6.82. The topological polar surface area (TPSA) is 69.9 Å². The zero-order chi connectivity index (χ0) is 21.9. The van der Waals surface area contributed by atoms with E-state index >= 15 is 0 Å². The van der Waals surface area contributed by atoms with Gasteiger partial charge in [-0.15, -0.1) is 0 Å². The highest BCUT2D eigenvalue weighted by molar-refractivity contribution is 5.46. The van der Waals surface area contributed by atoms with Gasteiger partial charge < -0.3 is 20.1 Å². The van der Waals surface area contributed by atoms with Gasteiger partial charge in [-0.3, -0.25) is 0 Å². The average Bonchev–Trinajstić information content (AvgIpc) is 2.71. The number of aliphatic hydroxyl groups excluding tert-OH is 3. The monoisotopic (exact) mass is 418 g/mol. The minimum absolute atomic E-state index is 0.0331. The van der Waals surface area contributed by atoms with E-state index in [1.165, 1.54) is 22.3 Å². The number of fused-ring (bicyclic) bond motifs is 3. The molecule has 4 unspecified atom stereocenters. The molecule has 0 aromatic heterocycles. The molecule has 170 valence electrons. The summed E-state index contributed by atoms with van der Waals surface area (Å²) in [6, 6.07) is 4.88. The SMILES string of the molecule is CC(C)c1cc2c(cc1CCCO)C1(C)CCCC(C)(C(O)OCCCO)C1CC2. The summed E-state index contributed by atoms with van der Waals surface area (Å²) in [5.41, 5.74) is 5.50. The fraction of sp³-hybridized carbons (Fsp3) is 0.769. The van der Waals surface area contributed by atoms with E-state index in [4.69, 9.17) is 9.84 Å². The van der Waals surface area contributed by atoms with Crippen molar-refractivity contribution in [3.8, 4) is 0 Å². The van der Waals surface area contributed by atoms with Gasteiger partial charge in [-0.1, -0.05) is 46.2 Å². The molecule has 4 nitrogen and oxygen atoms in total. The second kappa shape index (κ2) is 9.68. The van der Waals surface area contributed by atoms with Crippen LogP contribution in [0.1, 0.15) is 94.4 Å². The molecule has 1 saturated carbocycles. The summed E-state index contributed by atoms with van der Waals surface area (Å²) < 4.78 is 5.80. The van der Waals surface area contributed by atoms with Gasteiger partial charge in [0, 0.05) is 18.6 Å². The van der Waals surface area contributed by atoms with Crippen molar-refractivity contribution in [3.63, 3.8) is 0 Å². The standard InChI is InChI=1S/C26H42O4/c1-18(2)21-16-20-9-10-23-25(3,22(20)17-19(21)8-5-13-27)11-6-12-26(23,4)24(29)30-15-7-14-28/h16-18,23-24,27-29H,5-15H2,1-4H3. The van der Waals surface area contributed by atoms with Gasteiger partial charge in [0.25, 0.3) is 0 Å². The Kier molecular flexibility index (Phi) is 7.66. The molecule has 2 aliphatic rings. The lowest BCUT2D eigenvalue weighted by Crippen LogP contribution is -2.54. The summed E-state index contributed by atoms with van der Waals surface area (Å²) in [7, 11) is 0. The molecule has 0 radical (unpaired) electrons. The molecule has 3 rings (SSSR count). The van der Waals surface area contributed by atoms with Gasteiger partial charge in [-0.25, -0.2) is 0 Å². The first-order valence-electron chi connectivity index (χ1n) is 12.0. The highest BCUT2D eigenvalue weighted by Crippen LogP contribution is 2.59. The molecule has 4 heteroatoms. The van der Waals surface area contributed by atoms with E-state index in [0.717, 1.165) is 44.9 Å². The van der Waals surface area contributed by atoms with Crippen molar-refractivity contribution in [2.24, 2.45) is 11.3 Å². The molecule has 3 N–H and O–H groups in total. The van der Waals surface area contributed by atoms with Crippen LogP contribution in [0.5, 0.6) is 0 Å². The third-order valence-corrected chi connectivity index (χ3v) is 8.03. The molecular weight excluding hydrogens is 376 g/mol. The summed E-state index contributed by atoms with van der Waals surface area (Å²) in [5.74, 6) is 0.846. The maximum absolute atomic E-state index is 11.0. The lowest BCUT2D eigenvalue weighted by atomic mass is 9.49. The third-order valence-electron chi connectivity index (χ3n) is 8.03. The maximum atomic E-state index is 11.0. The summed E-state index contributed by atoms with van der Waals surface area (Å²) in [6.45, 7) is 9.84. The van der Waals surface area contributed by atoms with E-state index < -0.39 is 6.29 Å². The van der Waals surface area contributed by atoms with Crippen LogP contribution in [-0.2, 0) is 23.0 Å². The van der Waals surface area contributed by atoms with Gasteiger partial charge in [0.2, 0.25) is 0 Å². The van der Waals surface area contributed by atoms with Crippen molar-refractivity contribution >= 4 is 0 Å². The van der Waals surface area contributed by atoms with Crippen LogP contribution in [0, 0.1) is 11.3 Å². The largest absolute Gasteiger partial charge is 0.396 e. The molecule has 4 atom stereocenters. The molecule has 0 spiro atoms. The minimum Gasteiger partial charge on any atom is -0.396 e. The number of rotatable bonds is 9. The van der Waals surface area contributed by atoms with E-state index in [-0.39, 0.29) is 24.0 Å². The molecule has 0 bridgehead atoms. The smallest absolute Gasteiger partial charge is 0.160 e. The van der Waals surface area contributed by atoms with E-state index in [1.807, 2.05) is 0 Å². The predicted molar refractivity (Wildman–Crippen MR) is 121 cm³/mol. The maximum Gasteiger partial charge on any atom is 0.160 e. The van der Waals surface area contributed by atoms with Gasteiger partial charge in [0.15, 0.2) is 6.29 Å². The van der Waals surface area contributed by atoms with Crippen LogP contribution >= 0.6 is 0 Å². The van der Waals surface area contributed by atoms with Gasteiger partial charge in [0.1, 0.15) is 0 Å². The second-order valence-corrected chi connectivity index (χ2v) is 10.4. The number of aliphatic hydroxyl groups is 3. The Morgan fingerprint density at radius 1 is 1.10 bits per heavy atom. The zero-order valence-electron chi connectivity index (χ0n) is 19.4. The number of hydrogen-bond acceptors (Lipinski definition) is 4. The lowest BCUT2D eigenvalue weighted by Gasteiger charge is -2.56. The van der Waals surface area contributed by atoms with Crippen molar-refractivity contribution in [2.45, 2.75) is 96.7 Å². The number of aryl methyl sites for hydroxylation is 2. The molecular formula is C26H42O4. The van der Waals surface area contributed by atoms with Gasteiger partial charge in [0.05, 0.1) is 6.61 Å². The Labute approximate surface area is 182 Å². The molecule has 0 aliphatic heterocycles. The van der Waals surface area contributed by atoms with Crippen molar-refractivity contribution in [3.05, 3.63) is 34.4 Å².